The summed E-state index contributed by atoms with van der Waals surface area (Å²) in [7, 11) is 0. The summed E-state index contributed by atoms with van der Waals surface area (Å²) in [5.41, 5.74) is 1.70. The van der Waals surface area contributed by atoms with Crippen LogP contribution in [0.4, 0.5) is 4.39 Å². The number of carbonyl (C=O) groups is 1. The summed E-state index contributed by atoms with van der Waals surface area (Å²) in [6, 6.07) is 7.77. The molecule has 3 rings (SSSR count). The Morgan fingerprint density at radius 1 is 1.19 bits per heavy atom. The summed E-state index contributed by atoms with van der Waals surface area (Å²) in [5, 5.41) is 6.98. The monoisotopic (exact) mass is 357 g/mol. The number of rotatable bonds is 7. The van der Waals surface area contributed by atoms with Crippen molar-refractivity contribution in [1.82, 2.24) is 24.9 Å². The quantitative estimate of drug-likeness (QED) is 0.657. The fourth-order valence-corrected chi connectivity index (χ4v) is 2.49. The molecule has 0 atom stereocenters. The van der Waals surface area contributed by atoms with Gasteiger partial charge in [0.05, 0.1) is 6.61 Å². The Labute approximate surface area is 150 Å². The second-order valence-corrected chi connectivity index (χ2v) is 5.95. The summed E-state index contributed by atoms with van der Waals surface area (Å²) in [6.45, 7) is 4.75. The minimum Gasteiger partial charge on any atom is -0.494 e. The maximum atomic E-state index is 12.8. The molecule has 0 saturated carbocycles. The van der Waals surface area contributed by atoms with Crippen molar-refractivity contribution in [3.8, 4) is 5.75 Å². The molecule has 0 bridgehead atoms. The average Bonchev–Trinajstić information content (AvgIpc) is 3.04. The first-order chi connectivity index (χ1) is 12.5. The van der Waals surface area contributed by atoms with Gasteiger partial charge in [0.1, 0.15) is 11.6 Å². The molecule has 0 spiro atoms. The Morgan fingerprint density at radius 2 is 1.96 bits per heavy atom. The number of hydrogen-bond donors (Lipinski definition) is 1. The average molecular weight is 357 g/mol. The molecule has 1 aromatic carbocycles. The molecule has 3 aromatic rings. The number of ether oxygens (including phenoxy) is 1. The molecule has 2 aromatic heterocycles. The number of aromatic nitrogens is 4. The number of hydrogen-bond acceptors (Lipinski definition) is 5. The summed E-state index contributed by atoms with van der Waals surface area (Å²) in [5.74, 6) is 0.532. The maximum absolute atomic E-state index is 12.8. The van der Waals surface area contributed by atoms with E-state index in [0.717, 1.165) is 24.2 Å². The molecule has 1 N–H and O–H groups in total. The molecule has 0 saturated heterocycles. The molecule has 0 unspecified atom stereocenters. The molecule has 2 heterocycles. The number of unbranched alkanes of at least 4 members (excludes halogenated alkanes) is 1. The van der Waals surface area contributed by atoms with Gasteiger partial charge in [-0.2, -0.15) is 4.98 Å². The molecule has 0 aliphatic carbocycles. The van der Waals surface area contributed by atoms with Crippen molar-refractivity contribution in [3.05, 3.63) is 53.4 Å². The van der Waals surface area contributed by atoms with E-state index in [0.29, 0.717) is 24.7 Å². The minimum absolute atomic E-state index is 0.105. The summed E-state index contributed by atoms with van der Waals surface area (Å²) in [6.07, 6.45) is 1.51. The Morgan fingerprint density at radius 3 is 2.73 bits per heavy atom. The fourth-order valence-electron chi connectivity index (χ4n) is 2.49. The Bertz CT molecular complexity index is 908. The van der Waals surface area contributed by atoms with Gasteiger partial charge in [-0.25, -0.2) is 13.9 Å². The predicted molar refractivity (Wildman–Crippen MR) is 93.7 cm³/mol. The molecule has 0 aliphatic heterocycles. The van der Waals surface area contributed by atoms with Gasteiger partial charge in [0.2, 0.25) is 5.82 Å². The van der Waals surface area contributed by atoms with Crippen LogP contribution < -0.4 is 10.1 Å². The van der Waals surface area contributed by atoms with E-state index < -0.39 is 0 Å². The number of carbonyl (C=O) groups excluding carboxylic acids is 1. The van der Waals surface area contributed by atoms with Crippen LogP contribution in [-0.4, -0.2) is 38.6 Å². The smallest absolute Gasteiger partial charge is 0.291 e. The highest BCUT2D eigenvalue weighted by Crippen LogP contribution is 2.11. The van der Waals surface area contributed by atoms with Gasteiger partial charge in [-0.3, -0.25) is 4.79 Å². The number of fused-ring (bicyclic) bond motifs is 1. The maximum Gasteiger partial charge on any atom is 0.291 e. The van der Waals surface area contributed by atoms with Gasteiger partial charge in [0, 0.05) is 17.9 Å². The van der Waals surface area contributed by atoms with E-state index in [1.807, 2.05) is 19.9 Å². The number of aryl methyl sites for hydroxylation is 2. The predicted octanol–water partition coefficient (Wildman–Crippen LogP) is 2.47. The first-order valence-corrected chi connectivity index (χ1v) is 8.40. The molecule has 0 fully saturated rings. The van der Waals surface area contributed by atoms with Crippen molar-refractivity contribution >= 4 is 11.7 Å². The highest BCUT2D eigenvalue weighted by Gasteiger charge is 2.14. The number of benzene rings is 1. The minimum atomic E-state index is -0.327. The Balaban J connectivity index is 1.43. The number of halogens is 1. The third-order valence-corrected chi connectivity index (χ3v) is 3.76. The molecule has 136 valence electrons. The van der Waals surface area contributed by atoms with Gasteiger partial charge in [0.15, 0.2) is 0 Å². The molecule has 8 heteroatoms. The van der Waals surface area contributed by atoms with Gasteiger partial charge >= 0.3 is 0 Å². The molecule has 0 radical (unpaired) electrons. The van der Waals surface area contributed by atoms with E-state index in [-0.39, 0.29) is 17.5 Å². The number of nitrogens with zero attached hydrogens (tertiary/aromatic N) is 4. The van der Waals surface area contributed by atoms with E-state index in [1.54, 1.807) is 16.6 Å². The Kier molecular flexibility index (Phi) is 5.40. The lowest BCUT2D eigenvalue weighted by molar-refractivity contribution is 0.0942. The largest absolute Gasteiger partial charge is 0.494 e. The van der Waals surface area contributed by atoms with Crippen molar-refractivity contribution in [3.63, 3.8) is 0 Å². The first kappa shape index (κ1) is 17.8. The number of amides is 1. The lowest BCUT2D eigenvalue weighted by atomic mass is 10.3. The van der Waals surface area contributed by atoms with Crippen LogP contribution in [-0.2, 0) is 0 Å². The van der Waals surface area contributed by atoms with Crippen LogP contribution in [0.5, 0.6) is 5.75 Å². The second-order valence-electron chi connectivity index (χ2n) is 5.95. The normalized spacial score (nSPS) is 10.9. The third kappa shape index (κ3) is 4.33. The van der Waals surface area contributed by atoms with E-state index in [1.165, 1.54) is 12.1 Å². The SMILES string of the molecule is Cc1cc(C)n2nc(C(=O)NCCCCOc3ccc(F)cc3)nc2n1. The van der Waals surface area contributed by atoms with Gasteiger partial charge in [-0.15, -0.1) is 5.10 Å². The van der Waals surface area contributed by atoms with Crippen molar-refractivity contribution < 1.29 is 13.9 Å². The molecule has 26 heavy (non-hydrogen) atoms. The van der Waals surface area contributed by atoms with Gasteiger partial charge in [-0.1, -0.05) is 0 Å². The molecule has 0 aliphatic rings. The zero-order valence-corrected chi connectivity index (χ0v) is 14.7. The molecular formula is C18H20FN5O2. The van der Waals surface area contributed by atoms with Gasteiger partial charge in [0.25, 0.3) is 11.7 Å². The van der Waals surface area contributed by atoms with Crippen LogP contribution in [0.1, 0.15) is 34.8 Å². The van der Waals surface area contributed by atoms with Crippen LogP contribution in [0.3, 0.4) is 0 Å². The van der Waals surface area contributed by atoms with Crippen LogP contribution in [0.15, 0.2) is 30.3 Å². The van der Waals surface area contributed by atoms with E-state index in [9.17, 15) is 9.18 Å². The van der Waals surface area contributed by atoms with E-state index in [4.69, 9.17) is 4.74 Å². The zero-order valence-electron chi connectivity index (χ0n) is 14.7. The van der Waals surface area contributed by atoms with E-state index in [2.05, 4.69) is 20.4 Å². The van der Waals surface area contributed by atoms with E-state index >= 15 is 0 Å². The topological polar surface area (TPSA) is 81.4 Å². The highest BCUT2D eigenvalue weighted by atomic mass is 19.1. The van der Waals surface area contributed by atoms with Crippen LogP contribution in [0.25, 0.3) is 5.78 Å². The second kappa shape index (κ2) is 7.90. The van der Waals surface area contributed by atoms with Crippen molar-refractivity contribution in [1.29, 1.82) is 0 Å². The summed E-state index contributed by atoms with van der Waals surface area (Å²) >= 11 is 0. The number of nitrogens with one attached hydrogen (secondary N) is 1. The summed E-state index contributed by atoms with van der Waals surface area (Å²) in [4.78, 5) is 20.6. The van der Waals surface area contributed by atoms with Crippen LogP contribution in [0.2, 0.25) is 0 Å². The summed E-state index contributed by atoms with van der Waals surface area (Å²) < 4.78 is 19.8. The van der Waals surface area contributed by atoms with Crippen molar-refractivity contribution in [2.45, 2.75) is 26.7 Å². The lowest BCUT2D eigenvalue weighted by Crippen LogP contribution is -2.26. The van der Waals surface area contributed by atoms with Crippen LogP contribution in [0, 0.1) is 19.7 Å². The zero-order chi connectivity index (χ0) is 18.5. The lowest BCUT2D eigenvalue weighted by Gasteiger charge is -2.06. The molecule has 7 nitrogen and oxygen atoms in total. The standard InChI is InChI=1S/C18H20FN5O2/c1-12-11-13(2)24-18(21-12)22-16(23-24)17(25)20-9-3-4-10-26-15-7-5-14(19)6-8-15/h5-8,11H,3-4,9-10H2,1-2H3,(H,20,25). The van der Waals surface area contributed by atoms with Gasteiger partial charge in [-0.05, 0) is 57.0 Å². The van der Waals surface area contributed by atoms with Crippen LogP contribution >= 0.6 is 0 Å². The van der Waals surface area contributed by atoms with Crippen molar-refractivity contribution in [2.75, 3.05) is 13.2 Å². The fraction of sp³-hybridized carbons (Fsp3) is 0.333. The first-order valence-electron chi connectivity index (χ1n) is 8.40. The van der Waals surface area contributed by atoms with Gasteiger partial charge < -0.3 is 10.1 Å². The molecule has 1 amide bonds. The third-order valence-electron chi connectivity index (χ3n) is 3.76. The Hall–Kier alpha value is -3.03. The van der Waals surface area contributed by atoms with Crippen molar-refractivity contribution in [2.24, 2.45) is 0 Å². The highest BCUT2D eigenvalue weighted by molar-refractivity contribution is 5.90. The molecular weight excluding hydrogens is 337 g/mol.